The summed E-state index contributed by atoms with van der Waals surface area (Å²) in [5.41, 5.74) is 1.86. The molecule has 1 unspecified atom stereocenters. The molecule has 1 aliphatic rings. The Kier molecular flexibility index (Phi) is 3.87. The van der Waals surface area contributed by atoms with Gasteiger partial charge in [-0.1, -0.05) is 6.08 Å². The zero-order valence-electron chi connectivity index (χ0n) is 12.1. The van der Waals surface area contributed by atoms with Crippen molar-refractivity contribution in [3.8, 4) is 5.75 Å². The first-order valence-corrected chi connectivity index (χ1v) is 6.85. The normalized spacial score (nSPS) is 17.8. The van der Waals surface area contributed by atoms with E-state index in [0.717, 1.165) is 34.6 Å². The fourth-order valence-corrected chi connectivity index (χ4v) is 2.23. The van der Waals surface area contributed by atoms with Gasteiger partial charge in [0, 0.05) is 31.8 Å². The maximum absolute atomic E-state index is 5.77. The Balaban J connectivity index is 1.66. The molecule has 21 heavy (non-hydrogen) atoms. The Morgan fingerprint density at radius 2 is 2.33 bits per heavy atom. The van der Waals surface area contributed by atoms with Gasteiger partial charge in [0.25, 0.3) is 0 Å². The molecule has 0 spiro atoms. The first-order valence-electron chi connectivity index (χ1n) is 6.85. The second-order valence-electron chi connectivity index (χ2n) is 4.80. The van der Waals surface area contributed by atoms with Crippen LogP contribution in [0.25, 0.3) is 10.9 Å². The van der Waals surface area contributed by atoms with Crippen molar-refractivity contribution in [2.45, 2.75) is 12.5 Å². The number of hydrogen-bond donors (Lipinski definition) is 2. The number of fused-ring (bicyclic) bond motifs is 1. The van der Waals surface area contributed by atoms with Gasteiger partial charge in [0.15, 0.2) is 5.82 Å². The standard InChI is InChI=1S/C15H18N4O2/c1-16-15-13-6-5-11(7-14(13)18-19-15)21-9-10-3-4-12(20-2)8-17-10/h3,5-8,12H,4,9H2,1-2H3,(H2,16,18,19). The molecule has 110 valence electrons. The lowest BCUT2D eigenvalue weighted by Crippen LogP contribution is -2.15. The van der Waals surface area contributed by atoms with Crippen molar-refractivity contribution >= 4 is 22.9 Å². The molecule has 6 nitrogen and oxygen atoms in total. The average molecular weight is 286 g/mol. The van der Waals surface area contributed by atoms with Crippen molar-refractivity contribution in [3.05, 3.63) is 30.0 Å². The van der Waals surface area contributed by atoms with Crippen LogP contribution in [0.2, 0.25) is 0 Å². The highest BCUT2D eigenvalue weighted by molar-refractivity contribution is 5.90. The van der Waals surface area contributed by atoms with Crippen molar-refractivity contribution in [1.82, 2.24) is 10.2 Å². The molecule has 0 saturated heterocycles. The topological polar surface area (TPSA) is 71.5 Å². The third kappa shape index (κ3) is 2.90. The van der Waals surface area contributed by atoms with E-state index in [1.807, 2.05) is 37.5 Å². The summed E-state index contributed by atoms with van der Waals surface area (Å²) in [4.78, 5) is 4.33. The molecule has 0 amide bonds. The molecule has 1 atom stereocenters. The fraction of sp³-hybridized carbons (Fsp3) is 0.333. The fourth-order valence-electron chi connectivity index (χ4n) is 2.23. The lowest BCUT2D eigenvalue weighted by molar-refractivity contribution is 0.160. The molecule has 1 aliphatic heterocycles. The summed E-state index contributed by atoms with van der Waals surface area (Å²) in [6.07, 6.45) is 4.77. The molecule has 0 aliphatic carbocycles. The van der Waals surface area contributed by atoms with Crippen LogP contribution in [0.3, 0.4) is 0 Å². The van der Waals surface area contributed by atoms with E-state index in [-0.39, 0.29) is 6.10 Å². The van der Waals surface area contributed by atoms with Gasteiger partial charge in [-0.2, -0.15) is 5.10 Å². The van der Waals surface area contributed by atoms with Crippen LogP contribution in [-0.4, -0.2) is 43.3 Å². The quantitative estimate of drug-likeness (QED) is 0.885. The Hall–Kier alpha value is -2.34. The number of benzene rings is 1. The second kappa shape index (κ2) is 5.97. The van der Waals surface area contributed by atoms with Gasteiger partial charge in [0.1, 0.15) is 12.4 Å². The first kappa shape index (κ1) is 13.6. The highest BCUT2D eigenvalue weighted by Crippen LogP contribution is 2.24. The molecule has 1 aromatic heterocycles. The van der Waals surface area contributed by atoms with E-state index in [1.54, 1.807) is 7.11 Å². The number of ether oxygens (including phenoxy) is 2. The van der Waals surface area contributed by atoms with Crippen LogP contribution in [-0.2, 0) is 4.74 Å². The first-order chi connectivity index (χ1) is 10.3. The van der Waals surface area contributed by atoms with Gasteiger partial charge in [-0.05, 0) is 18.6 Å². The van der Waals surface area contributed by atoms with Crippen LogP contribution in [0.1, 0.15) is 6.42 Å². The third-order valence-electron chi connectivity index (χ3n) is 3.45. The predicted octanol–water partition coefficient (Wildman–Crippen LogP) is 2.36. The molecular weight excluding hydrogens is 268 g/mol. The summed E-state index contributed by atoms with van der Waals surface area (Å²) in [6, 6.07) is 5.86. The van der Waals surface area contributed by atoms with Gasteiger partial charge >= 0.3 is 0 Å². The van der Waals surface area contributed by atoms with E-state index in [1.165, 1.54) is 0 Å². The summed E-state index contributed by atoms with van der Waals surface area (Å²) >= 11 is 0. The van der Waals surface area contributed by atoms with Gasteiger partial charge < -0.3 is 14.8 Å². The molecule has 0 bridgehead atoms. The second-order valence-corrected chi connectivity index (χ2v) is 4.80. The SMILES string of the molecule is CNc1n[nH]c2cc(OCC3=CCC(OC)C=N3)ccc12. The van der Waals surface area contributed by atoms with E-state index in [0.29, 0.717) is 6.61 Å². The van der Waals surface area contributed by atoms with Crippen LogP contribution in [0.15, 0.2) is 35.0 Å². The van der Waals surface area contributed by atoms with Gasteiger partial charge in [0.2, 0.25) is 0 Å². The van der Waals surface area contributed by atoms with Crippen molar-refractivity contribution in [3.63, 3.8) is 0 Å². The maximum atomic E-state index is 5.77. The Labute approximate surface area is 122 Å². The number of aromatic amines is 1. The van der Waals surface area contributed by atoms with Crippen molar-refractivity contribution in [1.29, 1.82) is 0 Å². The number of hydrogen-bond acceptors (Lipinski definition) is 5. The van der Waals surface area contributed by atoms with Gasteiger partial charge in [-0.15, -0.1) is 0 Å². The van der Waals surface area contributed by atoms with Gasteiger partial charge in [-0.25, -0.2) is 0 Å². The summed E-state index contributed by atoms with van der Waals surface area (Å²) in [5.74, 6) is 1.63. The van der Waals surface area contributed by atoms with E-state index in [9.17, 15) is 0 Å². The predicted molar refractivity (Wildman–Crippen MR) is 83.1 cm³/mol. The zero-order chi connectivity index (χ0) is 14.7. The van der Waals surface area contributed by atoms with Crippen LogP contribution >= 0.6 is 0 Å². The minimum atomic E-state index is 0.0788. The molecule has 1 aromatic carbocycles. The van der Waals surface area contributed by atoms with Crippen LogP contribution in [0.5, 0.6) is 5.75 Å². The van der Waals surface area contributed by atoms with E-state index < -0.39 is 0 Å². The minimum absolute atomic E-state index is 0.0788. The molecule has 3 rings (SSSR count). The number of aromatic nitrogens is 2. The summed E-state index contributed by atoms with van der Waals surface area (Å²) in [6.45, 7) is 0.450. The molecule has 2 aromatic rings. The Bertz CT molecular complexity index is 690. The smallest absolute Gasteiger partial charge is 0.155 e. The summed E-state index contributed by atoms with van der Waals surface area (Å²) in [5, 5.41) is 11.2. The van der Waals surface area contributed by atoms with Crippen molar-refractivity contribution in [2.24, 2.45) is 4.99 Å². The largest absolute Gasteiger partial charge is 0.487 e. The Morgan fingerprint density at radius 1 is 1.43 bits per heavy atom. The van der Waals surface area contributed by atoms with Crippen molar-refractivity contribution in [2.75, 3.05) is 26.1 Å². The van der Waals surface area contributed by atoms with Gasteiger partial charge in [-0.3, -0.25) is 10.1 Å². The van der Waals surface area contributed by atoms with Gasteiger partial charge in [0.05, 0.1) is 17.3 Å². The number of methoxy groups -OCH3 is 1. The highest BCUT2D eigenvalue weighted by Gasteiger charge is 2.09. The molecule has 0 radical (unpaired) electrons. The van der Waals surface area contributed by atoms with E-state index in [4.69, 9.17) is 9.47 Å². The third-order valence-corrected chi connectivity index (χ3v) is 3.45. The molecule has 0 fully saturated rings. The monoisotopic (exact) mass is 286 g/mol. The lowest BCUT2D eigenvalue weighted by atomic mass is 10.2. The number of nitrogens with one attached hydrogen (secondary N) is 2. The number of H-pyrrole nitrogens is 1. The van der Waals surface area contributed by atoms with Crippen LogP contribution in [0, 0.1) is 0 Å². The number of aliphatic imine (C=N–C) groups is 1. The minimum Gasteiger partial charge on any atom is -0.487 e. The Morgan fingerprint density at radius 3 is 3.05 bits per heavy atom. The van der Waals surface area contributed by atoms with Crippen LogP contribution in [0.4, 0.5) is 5.82 Å². The summed E-state index contributed by atoms with van der Waals surface area (Å²) in [7, 11) is 3.53. The average Bonchev–Trinajstić information content (AvgIpc) is 2.95. The van der Waals surface area contributed by atoms with Crippen molar-refractivity contribution < 1.29 is 9.47 Å². The highest BCUT2D eigenvalue weighted by atomic mass is 16.5. The van der Waals surface area contributed by atoms with E-state index in [2.05, 4.69) is 20.5 Å². The maximum Gasteiger partial charge on any atom is 0.155 e. The molecule has 2 N–H and O–H groups in total. The zero-order valence-corrected chi connectivity index (χ0v) is 12.1. The van der Waals surface area contributed by atoms with Crippen LogP contribution < -0.4 is 10.1 Å². The number of rotatable bonds is 5. The molecule has 0 saturated carbocycles. The lowest BCUT2D eigenvalue weighted by Gasteiger charge is -2.14. The summed E-state index contributed by atoms with van der Waals surface area (Å²) < 4.78 is 11.0. The molecular formula is C15H18N4O2. The molecule has 6 heteroatoms. The number of nitrogens with zero attached hydrogens (tertiary/aromatic N) is 2. The molecule has 2 heterocycles. The number of anilines is 1. The van der Waals surface area contributed by atoms with E-state index >= 15 is 0 Å².